The lowest BCUT2D eigenvalue weighted by molar-refractivity contribution is -0.116. The van der Waals surface area contributed by atoms with Crippen LogP contribution < -0.4 is 5.32 Å². The Bertz CT molecular complexity index is 933. The van der Waals surface area contributed by atoms with Crippen molar-refractivity contribution in [3.63, 3.8) is 0 Å². The van der Waals surface area contributed by atoms with E-state index in [1.54, 1.807) is 25.1 Å². The van der Waals surface area contributed by atoms with Gasteiger partial charge in [0.05, 0.1) is 10.6 Å². The molecule has 1 saturated heterocycles. The number of benzene rings is 1. The lowest BCUT2D eigenvalue weighted by atomic mass is 10.1. The average Bonchev–Trinajstić information content (AvgIpc) is 2.98. The molecule has 1 aromatic carbocycles. The molecule has 0 aliphatic carbocycles. The maximum absolute atomic E-state index is 12.9. The van der Waals surface area contributed by atoms with Crippen LogP contribution in [0.3, 0.4) is 0 Å². The number of piperazine rings is 1. The number of rotatable bonds is 6. The summed E-state index contributed by atoms with van der Waals surface area (Å²) in [5.74, 6) is -0.245. The number of aryl methyl sites for hydroxylation is 1. The topological polar surface area (TPSA) is 95.8 Å². The van der Waals surface area contributed by atoms with Crippen LogP contribution in [0.25, 0.3) is 0 Å². The smallest absolute Gasteiger partial charge is 0.243 e. The van der Waals surface area contributed by atoms with Crippen molar-refractivity contribution in [2.24, 2.45) is 0 Å². The number of nitrogens with one attached hydrogen (secondary N) is 1. The first kappa shape index (κ1) is 20.8. The van der Waals surface area contributed by atoms with Gasteiger partial charge in [0.15, 0.2) is 0 Å². The molecule has 10 heteroatoms. The van der Waals surface area contributed by atoms with Crippen LogP contribution in [0.15, 0.2) is 33.7 Å². The van der Waals surface area contributed by atoms with Crippen LogP contribution in [0.2, 0.25) is 5.22 Å². The zero-order chi connectivity index (χ0) is 20.3. The molecule has 0 bridgehead atoms. The van der Waals surface area contributed by atoms with E-state index in [-0.39, 0.29) is 22.4 Å². The van der Waals surface area contributed by atoms with Gasteiger partial charge >= 0.3 is 0 Å². The minimum Gasteiger partial charge on any atom is -0.344 e. The van der Waals surface area contributed by atoms with E-state index in [0.717, 1.165) is 0 Å². The van der Waals surface area contributed by atoms with Crippen molar-refractivity contribution in [1.82, 2.24) is 14.4 Å². The normalized spacial score (nSPS) is 16.2. The second-order valence-electron chi connectivity index (χ2n) is 6.80. The van der Waals surface area contributed by atoms with Crippen molar-refractivity contribution >= 4 is 33.2 Å². The van der Waals surface area contributed by atoms with E-state index >= 15 is 0 Å². The van der Waals surface area contributed by atoms with Crippen LogP contribution >= 0.6 is 11.6 Å². The number of sulfonamides is 1. The van der Waals surface area contributed by atoms with E-state index in [0.29, 0.717) is 49.5 Å². The van der Waals surface area contributed by atoms with Gasteiger partial charge < -0.3 is 14.7 Å². The van der Waals surface area contributed by atoms with Gasteiger partial charge in [0.2, 0.25) is 21.1 Å². The summed E-state index contributed by atoms with van der Waals surface area (Å²) in [6.07, 6.45) is 0.566. The number of nitrogens with zero attached hydrogens (tertiary/aromatic N) is 3. The largest absolute Gasteiger partial charge is 0.344 e. The van der Waals surface area contributed by atoms with Crippen molar-refractivity contribution in [3.05, 3.63) is 40.7 Å². The van der Waals surface area contributed by atoms with Crippen LogP contribution in [0.1, 0.15) is 17.7 Å². The summed E-state index contributed by atoms with van der Waals surface area (Å²) >= 11 is 5.91. The monoisotopic (exact) mass is 426 g/mol. The number of amides is 1. The molecule has 0 spiro atoms. The number of carbonyl (C=O) groups is 1. The van der Waals surface area contributed by atoms with Crippen LogP contribution in [0, 0.1) is 6.92 Å². The van der Waals surface area contributed by atoms with Gasteiger partial charge in [-0.1, -0.05) is 11.2 Å². The Kier molecular flexibility index (Phi) is 6.39. The van der Waals surface area contributed by atoms with Gasteiger partial charge in [0, 0.05) is 43.9 Å². The highest BCUT2D eigenvalue weighted by molar-refractivity contribution is 7.89. The van der Waals surface area contributed by atoms with E-state index in [1.165, 1.54) is 10.4 Å². The van der Waals surface area contributed by atoms with E-state index < -0.39 is 10.0 Å². The predicted molar refractivity (Wildman–Crippen MR) is 106 cm³/mol. The fourth-order valence-corrected chi connectivity index (χ4v) is 4.75. The van der Waals surface area contributed by atoms with Crippen molar-refractivity contribution in [1.29, 1.82) is 0 Å². The van der Waals surface area contributed by atoms with Crippen molar-refractivity contribution in [2.45, 2.75) is 24.7 Å². The van der Waals surface area contributed by atoms with Gasteiger partial charge in [-0.25, -0.2) is 8.42 Å². The highest BCUT2D eigenvalue weighted by atomic mass is 35.5. The molecule has 0 saturated carbocycles. The van der Waals surface area contributed by atoms with Crippen LogP contribution in [0.4, 0.5) is 5.69 Å². The second-order valence-corrected chi connectivity index (χ2v) is 9.08. The molecular formula is C18H23ClN4O4S. The zero-order valence-corrected chi connectivity index (χ0v) is 17.4. The summed E-state index contributed by atoms with van der Waals surface area (Å²) in [4.78, 5) is 14.5. The quantitative estimate of drug-likeness (QED) is 0.760. The van der Waals surface area contributed by atoms with Crippen molar-refractivity contribution in [2.75, 3.05) is 38.5 Å². The number of hydrogen-bond donors (Lipinski definition) is 1. The molecule has 1 aromatic heterocycles. The molecule has 1 aliphatic heterocycles. The summed E-state index contributed by atoms with van der Waals surface area (Å²) in [7, 11) is -1.62. The van der Waals surface area contributed by atoms with Gasteiger partial charge in [0.1, 0.15) is 0 Å². The number of aromatic nitrogens is 1. The van der Waals surface area contributed by atoms with Crippen molar-refractivity contribution < 1.29 is 17.7 Å². The Morgan fingerprint density at radius 2 is 2.00 bits per heavy atom. The summed E-state index contributed by atoms with van der Waals surface area (Å²) in [6.45, 7) is 4.05. The molecular weight excluding hydrogens is 404 g/mol. The summed E-state index contributed by atoms with van der Waals surface area (Å²) in [5.41, 5.74) is 1.79. The predicted octanol–water partition coefficient (Wildman–Crippen LogP) is 2.14. The van der Waals surface area contributed by atoms with Crippen molar-refractivity contribution in [3.8, 4) is 0 Å². The first-order chi connectivity index (χ1) is 13.3. The lowest BCUT2D eigenvalue weighted by Gasteiger charge is -2.31. The Morgan fingerprint density at radius 3 is 2.64 bits per heavy atom. The molecule has 1 N–H and O–H groups in total. The molecule has 28 heavy (non-hydrogen) atoms. The summed E-state index contributed by atoms with van der Waals surface area (Å²) in [6, 6.07) is 6.32. The van der Waals surface area contributed by atoms with E-state index in [4.69, 9.17) is 16.1 Å². The Morgan fingerprint density at radius 1 is 1.29 bits per heavy atom. The third-order valence-corrected chi connectivity index (χ3v) is 6.95. The summed E-state index contributed by atoms with van der Waals surface area (Å²) < 4.78 is 32.1. The first-order valence-corrected chi connectivity index (χ1v) is 10.8. The maximum atomic E-state index is 12.9. The lowest BCUT2D eigenvalue weighted by Crippen LogP contribution is -2.47. The summed E-state index contributed by atoms with van der Waals surface area (Å²) in [5, 5.41) is 6.68. The first-order valence-electron chi connectivity index (χ1n) is 8.96. The van der Waals surface area contributed by atoms with E-state index in [2.05, 4.69) is 15.4 Å². The Balaban J connectivity index is 1.65. The van der Waals surface area contributed by atoms with E-state index in [1.807, 2.05) is 7.05 Å². The van der Waals surface area contributed by atoms with Gasteiger partial charge in [-0.3, -0.25) is 4.79 Å². The minimum atomic E-state index is -3.59. The molecule has 0 atom stereocenters. The standard InChI is InChI=1S/C18H23ClN4O4S/c1-13-16(18(19)27-21-13)6-7-17(24)20-14-4-3-5-15(12-14)28(25,26)23-10-8-22(2)9-11-23/h3-5,12H,6-11H2,1-2H3,(H,20,24). The number of halogens is 1. The number of hydrogen-bond acceptors (Lipinski definition) is 6. The molecule has 0 unspecified atom stereocenters. The molecule has 8 nitrogen and oxygen atoms in total. The van der Waals surface area contributed by atoms with E-state index in [9.17, 15) is 13.2 Å². The molecule has 1 amide bonds. The zero-order valence-electron chi connectivity index (χ0n) is 15.8. The van der Waals surface area contributed by atoms with Crippen LogP contribution in [-0.2, 0) is 21.2 Å². The van der Waals surface area contributed by atoms with Crippen LogP contribution in [0.5, 0.6) is 0 Å². The average molecular weight is 427 g/mol. The third-order valence-electron chi connectivity index (χ3n) is 4.76. The minimum absolute atomic E-state index is 0.174. The molecule has 0 radical (unpaired) electrons. The second kappa shape index (κ2) is 8.60. The third kappa shape index (κ3) is 4.72. The number of anilines is 1. The number of carbonyl (C=O) groups excluding carboxylic acids is 1. The Hall–Kier alpha value is -1.94. The molecule has 2 aromatic rings. The molecule has 2 heterocycles. The molecule has 1 aliphatic rings. The highest BCUT2D eigenvalue weighted by Crippen LogP contribution is 2.22. The SMILES string of the molecule is Cc1noc(Cl)c1CCC(=O)Nc1cccc(S(=O)(=O)N2CCN(C)CC2)c1. The highest BCUT2D eigenvalue weighted by Gasteiger charge is 2.27. The number of likely N-dealkylation sites (N-methyl/N-ethyl adjacent to an activating group) is 1. The fraction of sp³-hybridized carbons (Fsp3) is 0.444. The van der Waals surface area contributed by atoms with Gasteiger partial charge in [-0.05, 0) is 50.2 Å². The molecule has 3 rings (SSSR count). The maximum Gasteiger partial charge on any atom is 0.243 e. The Labute approximate surface area is 169 Å². The van der Waals surface area contributed by atoms with Gasteiger partial charge in [-0.15, -0.1) is 0 Å². The molecule has 152 valence electrons. The van der Waals surface area contributed by atoms with Gasteiger partial charge in [0.25, 0.3) is 0 Å². The van der Waals surface area contributed by atoms with Crippen LogP contribution in [-0.4, -0.2) is 61.9 Å². The fourth-order valence-electron chi connectivity index (χ4n) is 3.01. The van der Waals surface area contributed by atoms with Gasteiger partial charge in [-0.2, -0.15) is 4.31 Å². The molecule has 1 fully saturated rings.